The number of hydrogen-bond donors (Lipinski definition) is 3. The van der Waals surface area contributed by atoms with Crippen molar-refractivity contribution in [3.8, 4) is 0 Å². The maximum Gasteiger partial charge on any atom is 0.160 e. The molecule has 0 aromatic heterocycles. The highest BCUT2D eigenvalue weighted by Gasteiger charge is 2.08. The molecule has 0 bridgehead atoms. The van der Waals surface area contributed by atoms with Crippen LogP contribution in [-0.4, -0.2) is 121 Å². The van der Waals surface area contributed by atoms with Crippen LogP contribution in [0.3, 0.4) is 0 Å². The van der Waals surface area contributed by atoms with E-state index in [0.29, 0.717) is 78.2 Å². The Kier molecular flexibility index (Phi) is 31.0. The van der Waals surface area contributed by atoms with Gasteiger partial charge in [-0.05, 0) is 0 Å². The SMILES string of the molecule is CC(C)NC(CS)COCCOCCOCC(=O)C(C)C.CC(C)NCCOCCOCCOCC(=O)C(C)C. The zero-order valence-electron chi connectivity index (χ0n) is 26.5. The van der Waals surface area contributed by atoms with Gasteiger partial charge in [-0.15, -0.1) is 0 Å². The summed E-state index contributed by atoms with van der Waals surface area (Å²) in [5.41, 5.74) is 0. The third-order valence-corrected chi connectivity index (χ3v) is 5.61. The van der Waals surface area contributed by atoms with Gasteiger partial charge in [-0.1, -0.05) is 55.4 Å². The number of nitrogens with one attached hydrogen (secondary N) is 2. The molecular formula is C29H60N2O8S. The minimum absolute atomic E-state index is 0.0264. The highest BCUT2D eigenvalue weighted by Crippen LogP contribution is 1.96. The average Bonchev–Trinajstić information content (AvgIpc) is 2.89. The van der Waals surface area contributed by atoms with Crippen molar-refractivity contribution in [2.75, 3.05) is 91.6 Å². The van der Waals surface area contributed by atoms with Crippen LogP contribution in [0.25, 0.3) is 0 Å². The van der Waals surface area contributed by atoms with Gasteiger partial charge in [0.05, 0.1) is 66.1 Å². The largest absolute Gasteiger partial charge is 0.378 e. The van der Waals surface area contributed by atoms with Crippen molar-refractivity contribution in [3.05, 3.63) is 0 Å². The van der Waals surface area contributed by atoms with Crippen molar-refractivity contribution in [2.24, 2.45) is 11.8 Å². The number of hydrogen-bond acceptors (Lipinski definition) is 11. The highest BCUT2D eigenvalue weighted by atomic mass is 32.1. The molecule has 1 atom stereocenters. The molecule has 0 aromatic carbocycles. The predicted octanol–water partition coefficient (Wildman–Crippen LogP) is 2.82. The fourth-order valence-corrected chi connectivity index (χ4v) is 2.94. The lowest BCUT2D eigenvalue weighted by Gasteiger charge is -2.19. The first kappa shape index (κ1) is 41.5. The van der Waals surface area contributed by atoms with Crippen LogP contribution in [0, 0.1) is 11.8 Å². The Hall–Kier alpha value is -0.630. The van der Waals surface area contributed by atoms with Gasteiger partial charge in [-0.25, -0.2) is 0 Å². The number of rotatable bonds is 27. The Morgan fingerprint density at radius 2 is 0.975 bits per heavy atom. The van der Waals surface area contributed by atoms with E-state index in [1.165, 1.54) is 0 Å². The molecule has 240 valence electrons. The lowest BCUT2D eigenvalue weighted by atomic mass is 10.1. The maximum atomic E-state index is 11.3. The van der Waals surface area contributed by atoms with Gasteiger partial charge in [0.2, 0.25) is 0 Å². The first-order chi connectivity index (χ1) is 19.0. The summed E-state index contributed by atoms with van der Waals surface area (Å²) in [6.07, 6.45) is 0. The fourth-order valence-electron chi connectivity index (χ4n) is 2.73. The lowest BCUT2D eigenvalue weighted by molar-refractivity contribution is -0.127. The Labute approximate surface area is 249 Å². The predicted molar refractivity (Wildman–Crippen MR) is 164 cm³/mol. The summed E-state index contributed by atoms with van der Waals surface area (Å²) in [4.78, 5) is 22.5. The Morgan fingerprint density at radius 3 is 1.35 bits per heavy atom. The summed E-state index contributed by atoms with van der Waals surface area (Å²) in [5.74, 6) is 1.05. The van der Waals surface area contributed by atoms with Gasteiger partial charge in [0.15, 0.2) is 11.6 Å². The van der Waals surface area contributed by atoms with Crippen molar-refractivity contribution in [3.63, 3.8) is 0 Å². The summed E-state index contributed by atoms with van der Waals surface area (Å²) < 4.78 is 32.0. The molecule has 0 amide bonds. The summed E-state index contributed by atoms with van der Waals surface area (Å²) in [6.45, 7) is 22.5. The van der Waals surface area contributed by atoms with Crippen molar-refractivity contribution in [1.82, 2.24) is 10.6 Å². The van der Waals surface area contributed by atoms with Crippen LogP contribution in [0.5, 0.6) is 0 Å². The van der Waals surface area contributed by atoms with Crippen molar-refractivity contribution >= 4 is 24.2 Å². The topological polar surface area (TPSA) is 114 Å². The summed E-state index contributed by atoms with van der Waals surface area (Å²) in [6, 6.07) is 1.18. The van der Waals surface area contributed by atoms with Crippen LogP contribution < -0.4 is 10.6 Å². The third-order valence-electron chi connectivity index (χ3n) is 5.17. The Balaban J connectivity index is 0. The monoisotopic (exact) mass is 596 g/mol. The minimum Gasteiger partial charge on any atom is -0.378 e. The van der Waals surface area contributed by atoms with Crippen LogP contribution in [-0.2, 0) is 38.0 Å². The molecule has 0 rings (SSSR count). The third kappa shape index (κ3) is 31.9. The van der Waals surface area contributed by atoms with E-state index in [1.54, 1.807) is 0 Å². The standard InChI is InChI=1S/C15H31NO4S.C14H29NO4/c1-12(2)15(17)10-20-8-6-18-5-7-19-9-14(11-21)16-13(3)4;1-12(2)14(16)11-19-10-9-18-8-7-17-6-5-15-13(3)4/h12-14,16,21H,5-11H2,1-4H3;12-13,15H,5-11H2,1-4H3. The van der Waals surface area contributed by atoms with E-state index in [4.69, 9.17) is 28.4 Å². The van der Waals surface area contributed by atoms with Crippen molar-refractivity contribution in [1.29, 1.82) is 0 Å². The van der Waals surface area contributed by atoms with Gasteiger partial charge < -0.3 is 39.1 Å². The number of carbonyl (C=O) groups excluding carboxylic acids is 2. The zero-order valence-corrected chi connectivity index (χ0v) is 27.4. The molecule has 1 unspecified atom stereocenters. The van der Waals surface area contributed by atoms with Gasteiger partial charge in [0, 0.05) is 42.3 Å². The number of ether oxygens (including phenoxy) is 6. The van der Waals surface area contributed by atoms with Gasteiger partial charge in [-0.2, -0.15) is 12.6 Å². The quantitative estimate of drug-likeness (QED) is 0.0967. The first-order valence-corrected chi connectivity index (χ1v) is 15.3. The number of thiol groups is 1. The van der Waals surface area contributed by atoms with Crippen LogP contribution in [0.4, 0.5) is 0 Å². The number of Topliss-reactive ketones (excluding diaryl/α,β-unsaturated/α-hetero) is 2. The second-order valence-electron chi connectivity index (χ2n) is 10.6. The molecule has 0 heterocycles. The molecular weight excluding hydrogens is 536 g/mol. The molecule has 0 aromatic rings. The van der Waals surface area contributed by atoms with E-state index in [2.05, 4.69) is 51.0 Å². The highest BCUT2D eigenvalue weighted by molar-refractivity contribution is 7.80. The summed E-state index contributed by atoms with van der Waals surface area (Å²) in [5, 5.41) is 6.64. The smallest absolute Gasteiger partial charge is 0.160 e. The molecule has 0 aliphatic carbocycles. The summed E-state index contributed by atoms with van der Waals surface area (Å²) >= 11 is 4.29. The second kappa shape index (κ2) is 29.8. The van der Waals surface area contributed by atoms with E-state index in [1.807, 2.05) is 27.7 Å². The van der Waals surface area contributed by atoms with E-state index >= 15 is 0 Å². The van der Waals surface area contributed by atoms with Gasteiger partial charge in [0.1, 0.15) is 13.2 Å². The molecule has 0 aliphatic heterocycles. The molecule has 0 fully saturated rings. The van der Waals surface area contributed by atoms with Crippen LogP contribution >= 0.6 is 12.6 Å². The lowest BCUT2D eigenvalue weighted by Crippen LogP contribution is -2.39. The zero-order chi connectivity index (χ0) is 30.6. The molecule has 0 spiro atoms. The molecule has 11 heteroatoms. The van der Waals surface area contributed by atoms with Crippen molar-refractivity contribution in [2.45, 2.75) is 73.5 Å². The van der Waals surface area contributed by atoms with E-state index < -0.39 is 0 Å². The number of ketones is 2. The molecule has 0 radical (unpaired) electrons. The minimum atomic E-state index is 0.0264. The van der Waals surface area contributed by atoms with Gasteiger partial charge in [0.25, 0.3) is 0 Å². The van der Waals surface area contributed by atoms with Gasteiger partial charge in [-0.3, -0.25) is 9.59 Å². The normalized spacial score (nSPS) is 12.3. The van der Waals surface area contributed by atoms with Gasteiger partial charge >= 0.3 is 0 Å². The Bertz CT molecular complexity index is 580. The van der Waals surface area contributed by atoms with E-state index in [-0.39, 0.29) is 42.7 Å². The molecule has 2 N–H and O–H groups in total. The molecule has 0 saturated heterocycles. The number of carbonyl (C=O) groups is 2. The Morgan fingerprint density at radius 1 is 0.575 bits per heavy atom. The second-order valence-corrected chi connectivity index (χ2v) is 10.9. The first-order valence-electron chi connectivity index (χ1n) is 14.6. The molecule has 0 saturated carbocycles. The summed E-state index contributed by atoms with van der Waals surface area (Å²) in [7, 11) is 0. The fraction of sp³-hybridized carbons (Fsp3) is 0.931. The van der Waals surface area contributed by atoms with Crippen LogP contribution in [0.1, 0.15) is 55.4 Å². The maximum absolute atomic E-state index is 11.3. The van der Waals surface area contributed by atoms with E-state index in [0.717, 1.165) is 12.3 Å². The van der Waals surface area contributed by atoms with Crippen LogP contribution in [0.2, 0.25) is 0 Å². The van der Waals surface area contributed by atoms with Crippen molar-refractivity contribution < 1.29 is 38.0 Å². The molecule has 10 nitrogen and oxygen atoms in total. The molecule has 0 aliphatic rings. The molecule has 40 heavy (non-hydrogen) atoms. The van der Waals surface area contributed by atoms with Crippen LogP contribution in [0.15, 0.2) is 0 Å². The average molecular weight is 597 g/mol. The van der Waals surface area contributed by atoms with E-state index in [9.17, 15) is 9.59 Å².